The summed E-state index contributed by atoms with van der Waals surface area (Å²) < 4.78 is 2.08. The van der Waals surface area contributed by atoms with Crippen LogP contribution in [0.2, 0.25) is 0 Å². The summed E-state index contributed by atoms with van der Waals surface area (Å²) in [6.07, 6.45) is 3.78. The molecule has 2 N–H and O–H groups in total. The SMILES string of the molecule is Cc1ccc(NC(=S)NCc2ccccc2-n2ccnc2C)cc1C. The maximum atomic E-state index is 5.44. The fraction of sp³-hybridized carbons (Fsp3) is 0.200. The minimum absolute atomic E-state index is 0.611. The van der Waals surface area contributed by atoms with Gasteiger partial charge >= 0.3 is 0 Å². The first-order chi connectivity index (χ1) is 12.0. The van der Waals surface area contributed by atoms with Crippen LogP contribution in [0.25, 0.3) is 5.69 Å². The van der Waals surface area contributed by atoms with Gasteiger partial charge in [0.25, 0.3) is 0 Å². The summed E-state index contributed by atoms with van der Waals surface area (Å²) in [7, 11) is 0. The molecule has 3 rings (SSSR count). The number of thiocarbonyl (C=S) groups is 1. The van der Waals surface area contributed by atoms with E-state index in [0.717, 1.165) is 22.8 Å². The van der Waals surface area contributed by atoms with E-state index < -0.39 is 0 Å². The lowest BCUT2D eigenvalue weighted by Gasteiger charge is -2.15. The van der Waals surface area contributed by atoms with Gasteiger partial charge in [-0.1, -0.05) is 24.3 Å². The molecule has 0 fully saturated rings. The maximum Gasteiger partial charge on any atom is 0.171 e. The van der Waals surface area contributed by atoms with Gasteiger partial charge in [-0.15, -0.1) is 0 Å². The minimum Gasteiger partial charge on any atom is -0.358 e. The first-order valence-electron chi connectivity index (χ1n) is 8.25. The molecule has 0 aliphatic rings. The summed E-state index contributed by atoms with van der Waals surface area (Å²) in [4.78, 5) is 4.30. The number of aromatic nitrogens is 2. The van der Waals surface area contributed by atoms with Crippen molar-refractivity contribution in [2.24, 2.45) is 0 Å². The highest BCUT2D eigenvalue weighted by atomic mass is 32.1. The molecule has 0 atom stereocenters. The second-order valence-electron chi connectivity index (χ2n) is 6.08. The Morgan fingerprint density at radius 3 is 2.60 bits per heavy atom. The fourth-order valence-corrected chi connectivity index (χ4v) is 2.89. The highest BCUT2D eigenvalue weighted by Gasteiger charge is 2.07. The van der Waals surface area contributed by atoms with Gasteiger partial charge < -0.3 is 15.2 Å². The zero-order valence-electron chi connectivity index (χ0n) is 14.7. The summed E-state index contributed by atoms with van der Waals surface area (Å²) in [5, 5.41) is 7.15. The fourth-order valence-electron chi connectivity index (χ4n) is 2.70. The molecular formula is C20H22N4S. The van der Waals surface area contributed by atoms with Crippen molar-refractivity contribution in [3.05, 3.63) is 77.4 Å². The molecule has 1 heterocycles. The summed E-state index contributed by atoms with van der Waals surface area (Å²) in [5.74, 6) is 0.961. The topological polar surface area (TPSA) is 41.9 Å². The van der Waals surface area contributed by atoms with E-state index in [1.54, 1.807) is 0 Å². The van der Waals surface area contributed by atoms with E-state index in [0.29, 0.717) is 11.7 Å². The highest BCUT2D eigenvalue weighted by molar-refractivity contribution is 7.80. The number of nitrogens with zero attached hydrogens (tertiary/aromatic N) is 2. The molecule has 0 radical (unpaired) electrons. The minimum atomic E-state index is 0.611. The molecule has 2 aromatic carbocycles. The van der Waals surface area contributed by atoms with E-state index >= 15 is 0 Å². The Kier molecular flexibility index (Phi) is 5.14. The Bertz CT molecular complexity index is 898. The van der Waals surface area contributed by atoms with Crippen LogP contribution in [0.3, 0.4) is 0 Å². The van der Waals surface area contributed by atoms with Crippen LogP contribution in [0.4, 0.5) is 5.69 Å². The van der Waals surface area contributed by atoms with E-state index in [2.05, 4.69) is 58.3 Å². The average Bonchev–Trinajstić information content (AvgIpc) is 3.02. The van der Waals surface area contributed by atoms with Crippen molar-refractivity contribution in [2.75, 3.05) is 5.32 Å². The number of aryl methyl sites for hydroxylation is 3. The molecular weight excluding hydrogens is 328 g/mol. The Morgan fingerprint density at radius 1 is 1.08 bits per heavy atom. The van der Waals surface area contributed by atoms with Gasteiger partial charge in [0, 0.05) is 24.6 Å². The number of nitrogens with one attached hydrogen (secondary N) is 2. The number of hydrogen-bond donors (Lipinski definition) is 2. The number of rotatable bonds is 4. The highest BCUT2D eigenvalue weighted by Crippen LogP contribution is 2.17. The van der Waals surface area contributed by atoms with E-state index in [4.69, 9.17) is 12.2 Å². The molecule has 0 unspecified atom stereocenters. The smallest absolute Gasteiger partial charge is 0.171 e. The van der Waals surface area contributed by atoms with Gasteiger partial charge in [0.2, 0.25) is 0 Å². The van der Waals surface area contributed by atoms with Crippen molar-refractivity contribution in [2.45, 2.75) is 27.3 Å². The number of para-hydroxylation sites is 1. The molecule has 5 heteroatoms. The quantitative estimate of drug-likeness (QED) is 0.689. The van der Waals surface area contributed by atoms with E-state index in [9.17, 15) is 0 Å². The standard InChI is InChI=1S/C20H22N4S/c1-14-8-9-18(12-15(14)2)23-20(25)22-13-17-6-4-5-7-19(17)24-11-10-21-16(24)3/h4-12H,13H2,1-3H3,(H2,22,23,25). The van der Waals surface area contributed by atoms with Crippen molar-refractivity contribution in [3.63, 3.8) is 0 Å². The summed E-state index contributed by atoms with van der Waals surface area (Å²) >= 11 is 5.44. The molecule has 0 aliphatic heterocycles. The normalized spacial score (nSPS) is 10.5. The van der Waals surface area contributed by atoms with Gasteiger partial charge in [-0.05, 0) is 67.9 Å². The zero-order valence-corrected chi connectivity index (χ0v) is 15.5. The lowest BCUT2D eigenvalue weighted by Crippen LogP contribution is -2.28. The molecule has 0 bridgehead atoms. The molecule has 0 amide bonds. The predicted octanol–water partition coefficient (Wildman–Crippen LogP) is 4.28. The van der Waals surface area contributed by atoms with Gasteiger partial charge in [0.05, 0.1) is 5.69 Å². The summed E-state index contributed by atoms with van der Waals surface area (Å²) in [6, 6.07) is 14.5. The van der Waals surface area contributed by atoms with E-state index in [-0.39, 0.29) is 0 Å². The number of imidazole rings is 1. The Labute approximate surface area is 153 Å². The molecule has 0 saturated heterocycles. The maximum absolute atomic E-state index is 5.44. The van der Waals surface area contributed by atoms with Crippen LogP contribution in [0.5, 0.6) is 0 Å². The monoisotopic (exact) mass is 350 g/mol. The third kappa shape index (κ3) is 4.06. The van der Waals surface area contributed by atoms with Crippen LogP contribution in [0.1, 0.15) is 22.5 Å². The summed E-state index contributed by atoms with van der Waals surface area (Å²) in [6.45, 7) is 6.84. The molecule has 25 heavy (non-hydrogen) atoms. The first kappa shape index (κ1) is 17.2. The Balaban J connectivity index is 1.68. The lowest BCUT2D eigenvalue weighted by atomic mass is 10.1. The molecule has 3 aromatic rings. The second kappa shape index (κ2) is 7.49. The van der Waals surface area contributed by atoms with Crippen molar-refractivity contribution < 1.29 is 0 Å². The van der Waals surface area contributed by atoms with Gasteiger partial charge in [0.1, 0.15) is 5.82 Å². The van der Waals surface area contributed by atoms with Crippen LogP contribution < -0.4 is 10.6 Å². The molecule has 1 aromatic heterocycles. The summed E-state index contributed by atoms with van der Waals surface area (Å²) in [5.41, 5.74) is 5.79. The third-order valence-electron chi connectivity index (χ3n) is 4.28. The van der Waals surface area contributed by atoms with Crippen LogP contribution in [-0.2, 0) is 6.54 Å². The Hall–Kier alpha value is -2.66. The van der Waals surface area contributed by atoms with Crippen LogP contribution in [-0.4, -0.2) is 14.7 Å². The third-order valence-corrected chi connectivity index (χ3v) is 4.53. The first-order valence-corrected chi connectivity index (χ1v) is 8.66. The second-order valence-corrected chi connectivity index (χ2v) is 6.49. The number of anilines is 1. The van der Waals surface area contributed by atoms with Gasteiger partial charge in [-0.3, -0.25) is 0 Å². The van der Waals surface area contributed by atoms with Gasteiger partial charge in [0.15, 0.2) is 5.11 Å². The predicted molar refractivity (Wildman–Crippen MR) is 107 cm³/mol. The Morgan fingerprint density at radius 2 is 1.88 bits per heavy atom. The van der Waals surface area contributed by atoms with Crippen LogP contribution in [0, 0.1) is 20.8 Å². The van der Waals surface area contributed by atoms with Crippen molar-refractivity contribution in [1.82, 2.24) is 14.9 Å². The van der Waals surface area contributed by atoms with Crippen molar-refractivity contribution in [1.29, 1.82) is 0 Å². The van der Waals surface area contributed by atoms with Gasteiger partial charge in [-0.2, -0.15) is 0 Å². The van der Waals surface area contributed by atoms with Crippen molar-refractivity contribution in [3.8, 4) is 5.69 Å². The van der Waals surface area contributed by atoms with Crippen molar-refractivity contribution >= 4 is 23.0 Å². The van der Waals surface area contributed by atoms with Crippen LogP contribution in [0.15, 0.2) is 54.9 Å². The van der Waals surface area contributed by atoms with E-state index in [1.165, 1.54) is 11.1 Å². The lowest BCUT2D eigenvalue weighted by molar-refractivity contribution is 0.885. The van der Waals surface area contributed by atoms with Crippen LogP contribution >= 0.6 is 12.2 Å². The molecule has 0 saturated carbocycles. The van der Waals surface area contributed by atoms with Gasteiger partial charge in [-0.25, -0.2) is 4.98 Å². The number of hydrogen-bond acceptors (Lipinski definition) is 2. The average molecular weight is 350 g/mol. The largest absolute Gasteiger partial charge is 0.358 e. The number of benzene rings is 2. The molecule has 0 aliphatic carbocycles. The van der Waals surface area contributed by atoms with E-state index in [1.807, 2.05) is 37.5 Å². The molecule has 128 valence electrons. The molecule has 0 spiro atoms. The zero-order chi connectivity index (χ0) is 17.8. The molecule has 4 nitrogen and oxygen atoms in total.